The summed E-state index contributed by atoms with van der Waals surface area (Å²) in [7, 11) is 1.24. The number of β-lactam (4-membered cyclic amide) rings is 1. The Balaban J connectivity index is 0.00000380. The van der Waals surface area contributed by atoms with Crippen molar-refractivity contribution in [3.8, 4) is 0 Å². The predicted molar refractivity (Wildman–Crippen MR) is 123 cm³/mol. The second-order valence-corrected chi connectivity index (χ2v) is 10.0. The Morgan fingerprint density at radius 3 is 2.81 bits per heavy atom. The normalized spacial score (nSPS) is 19.0. The number of fused-ring (bicyclic) bond motifs is 1. The second-order valence-electron chi connectivity index (χ2n) is 7.10. The minimum atomic E-state index is -1.56. The Morgan fingerprint density at radius 1 is 1.43 bits per heavy atom. The van der Waals surface area contributed by atoms with Gasteiger partial charge in [0.25, 0.3) is 11.8 Å². The molecule has 37 heavy (non-hydrogen) atoms. The standard InChI is InChI=1S/C17H17N9O7S3.Na/c1-33-22-9(7-5-35-16(18)19-7)12(29)20-10-13(30)26-11(15(31)32)6(3-34-14(10)26)4-36-17-21-23-24-25(17)2-8(27)28;/h5,10,14H,2-4H2,1H3,(H2,18,19)(H,20,29)(H,27,28)(H,31,32);/q;+1/p-1/t10?,14-;/m1./s1. The fourth-order valence-electron chi connectivity index (χ4n) is 3.36. The van der Waals surface area contributed by atoms with E-state index in [4.69, 9.17) is 15.7 Å². The number of nitrogens with two attached hydrogens (primary N) is 1. The number of carboxylic acids is 2. The van der Waals surface area contributed by atoms with Crippen molar-refractivity contribution in [2.45, 2.75) is 23.1 Å². The average molecular weight is 578 g/mol. The maximum absolute atomic E-state index is 12.9. The summed E-state index contributed by atoms with van der Waals surface area (Å²) in [5.41, 5.74) is 5.64. The first-order chi connectivity index (χ1) is 17.2. The average Bonchev–Trinajstić information content (AvgIpc) is 3.46. The zero-order valence-electron chi connectivity index (χ0n) is 19.2. The summed E-state index contributed by atoms with van der Waals surface area (Å²) < 4.78 is 1.06. The van der Waals surface area contributed by atoms with Crippen molar-refractivity contribution in [3.05, 3.63) is 22.3 Å². The number of tetrazole rings is 1. The molecule has 0 radical (unpaired) electrons. The van der Waals surface area contributed by atoms with Crippen LogP contribution >= 0.6 is 34.9 Å². The van der Waals surface area contributed by atoms with Crippen molar-refractivity contribution in [3.63, 3.8) is 0 Å². The SMILES string of the molecule is CON=C(C(=O)NC1C(=O)N2C(C(=O)[O-])=C(CSc3nnnn3CC(=O)O)CS[C@H]12)c1csc(N)n1.[Na+]. The predicted octanol–water partition coefficient (Wildman–Crippen LogP) is -5.65. The number of nitrogens with one attached hydrogen (secondary N) is 1. The Morgan fingerprint density at radius 2 is 2.19 bits per heavy atom. The number of nitrogens with zero attached hydrogens (tertiary/aromatic N) is 7. The van der Waals surface area contributed by atoms with Gasteiger partial charge < -0.3 is 30.9 Å². The maximum atomic E-state index is 12.9. The molecule has 16 nitrogen and oxygen atoms in total. The van der Waals surface area contributed by atoms with E-state index in [1.54, 1.807) is 0 Å². The van der Waals surface area contributed by atoms with E-state index in [0.717, 1.165) is 32.7 Å². The van der Waals surface area contributed by atoms with Crippen molar-refractivity contribution in [1.29, 1.82) is 0 Å². The first kappa shape index (κ1) is 28.9. The zero-order chi connectivity index (χ0) is 26.0. The summed E-state index contributed by atoms with van der Waals surface area (Å²) >= 11 is 3.36. The first-order valence-corrected chi connectivity index (χ1v) is 12.7. The number of amides is 2. The van der Waals surface area contributed by atoms with E-state index in [1.165, 1.54) is 24.3 Å². The van der Waals surface area contributed by atoms with Crippen LogP contribution in [0.1, 0.15) is 5.69 Å². The van der Waals surface area contributed by atoms with Crippen molar-refractivity contribution in [2.24, 2.45) is 5.16 Å². The number of anilines is 1. The van der Waals surface area contributed by atoms with Crippen molar-refractivity contribution in [2.75, 3.05) is 24.3 Å². The topological polar surface area (TPSA) is 231 Å². The molecule has 1 unspecified atom stereocenters. The molecule has 2 amide bonds. The number of carbonyl (C=O) groups is 4. The van der Waals surface area contributed by atoms with Crippen LogP contribution in [0.5, 0.6) is 0 Å². The Hall–Kier alpha value is -2.71. The van der Waals surface area contributed by atoms with E-state index in [0.29, 0.717) is 5.57 Å². The largest absolute Gasteiger partial charge is 1.00 e. The van der Waals surface area contributed by atoms with Crippen LogP contribution in [-0.2, 0) is 30.6 Å². The molecule has 2 aromatic rings. The number of thioether (sulfide) groups is 2. The number of oxime groups is 1. The number of thiazole rings is 1. The van der Waals surface area contributed by atoms with Gasteiger partial charge in [0.15, 0.2) is 10.8 Å². The quantitative estimate of drug-likeness (QED) is 0.0786. The van der Waals surface area contributed by atoms with E-state index in [-0.39, 0.29) is 68.5 Å². The molecule has 1 fully saturated rings. The molecule has 2 atom stereocenters. The molecule has 2 aliphatic heterocycles. The summed E-state index contributed by atoms with van der Waals surface area (Å²) in [4.78, 5) is 58.3. The van der Waals surface area contributed by atoms with E-state index < -0.39 is 41.7 Å². The van der Waals surface area contributed by atoms with Crippen LogP contribution < -0.4 is 45.7 Å². The third-order valence-corrected chi connectivity index (χ3v) is 7.91. The van der Waals surface area contributed by atoms with E-state index in [2.05, 4.69) is 31.0 Å². The minimum Gasteiger partial charge on any atom is -0.543 e. The number of aliphatic carboxylic acids is 2. The molecule has 20 heteroatoms. The Bertz CT molecular complexity index is 1300. The molecule has 4 heterocycles. The van der Waals surface area contributed by atoms with Crippen LogP contribution in [0.4, 0.5) is 5.13 Å². The summed E-state index contributed by atoms with van der Waals surface area (Å²) in [6.45, 7) is -0.466. The molecule has 1 saturated heterocycles. The van der Waals surface area contributed by atoms with Gasteiger partial charge in [0.05, 0.1) is 11.7 Å². The van der Waals surface area contributed by atoms with Gasteiger partial charge in [0.2, 0.25) is 5.16 Å². The van der Waals surface area contributed by atoms with Crippen molar-refractivity contribution >= 4 is 69.5 Å². The minimum absolute atomic E-state index is 0. The number of hydrogen-bond acceptors (Lipinski definition) is 15. The third kappa shape index (κ3) is 6.07. The van der Waals surface area contributed by atoms with Crippen molar-refractivity contribution < 1.29 is 63.8 Å². The molecule has 0 saturated carbocycles. The van der Waals surface area contributed by atoms with Gasteiger partial charge in [0.1, 0.15) is 30.8 Å². The first-order valence-electron chi connectivity index (χ1n) is 9.83. The van der Waals surface area contributed by atoms with Crippen LogP contribution in [-0.4, -0.2) is 94.7 Å². The monoisotopic (exact) mass is 577 g/mol. The summed E-state index contributed by atoms with van der Waals surface area (Å²) in [5, 5.41) is 39.0. The van der Waals surface area contributed by atoms with Crippen LogP contribution in [0.2, 0.25) is 0 Å². The Kier molecular flexibility index (Phi) is 9.53. The van der Waals surface area contributed by atoms with Crippen LogP contribution in [0, 0.1) is 0 Å². The van der Waals surface area contributed by atoms with Gasteiger partial charge in [-0.05, 0) is 16.0 Å². The van der Waals surface area contributed by atoms with E-state index in [9.17, 15) is 24.3 Å². The molecular formula is C17H16N9NaO7S3. The number of hydrogen-bond donors (Lipinski definition) is 3. The smallest absolute Gasteiger partial charge is 0.543 e. The molecule has 4 N–H and O–H groups in total. The molecular weight excluding hydrogens is 561 g/mol. The zero-order valence-corrected chi connectivity index (χ0v) is 23.6. The number of rotatable bonds is 10. The molecule has 190 valence electrons. The van der Waals surface area contributed by atoms with Gasteiger partial charge in [-0.3, -0.25) is 19.3 Å². The van der Waals surface area contributed by atoms with Crippen LogP contribution in [0.15, 0.2) is 27.0 Å². The van der Waals surface area contributed by atoms with E-state index >= 15 is 0 Å². The van der Waals surface area contributed by atoms with Crippen LogP contribution in [0.3, 0.4) is 0 Å². The van der Waals surface area contributed by atoms with Gasteiger partial charge in [-0.25, -0.2) is 9.67 Å². The van der Waals surface area contributed by atoms with Crippen LogP contribution in [0.25, 0.3) is 0 Å². The van der Waals surface area contributed by atoms with Gasteiger partial charge in [-0.15, -0.1) is 28.2 Å². The Labute approximate surface area is 242 Å². The second kappa shape index (κ2) is 12.2. The number of carboxylic acid groups (broad SMARTS) is 2. The van der Waals surface area contributed by atoms with Gasteiger partial charge in [0, 0.05) is 16.9 Å². The summed E-state index contributed by atoms with van der Waals surface area (Å²) in [5.74, 6) is -3.82. The molecule has 0 spiro atoms. The third-order valence-electron chi connectivity index (χ3n) is 4.85. The molecule has 0 aliphatic carbocycles. The maximum Gasteiger partial charge on any atom is 1.00 e. The summed E-state index contributed by atoms with van der Waals surface area (Å²) in [6.07, 6.45) is 0. The number of carbonyl (C=O) groups excluding carboxylic acids is 3. The van der Waals surface area contributed by atoms with E-state index in [1.807, 2.05) is 0 Å². The fraction of sp³-hybridized carbons (Fsp3) is 0.353. The van der Waals surface area contributed by atoms with Crippen molar-refractivity contribution in [1.82, 2.24) is 35.4 Å². The summed E-state index contributed by atoms with van der Waals surface area (Å²) in [6, 6.07) is -1.02. The molecule has 0 aromatic carbocycles. The molecule has 0 bridgehead atoms. The van der Waals surface area contributed by atoms with Gasteiger partial charge in [-0.2, -0.15) is 0 Å². The fourth-order valence-corrected chi connectivity index (χ4v) is 6.27. The number of aromatic nitrogens is 5. The van der Waals surface area contributed by atoms with Gasteiger partial charge >= 0.3 is 35.5 Å². The molecule has 4 rings (SSSR count). The molecule has 2 aliphatic rings. The van der Waals surface area contributed by atoms with Gasteiger partial charge in [-0.1, -0.05) is 16.9 Å². The number of nitrogen functional groups attached to an aromatic ring is 1. The molecule has 2 aromatic heterocycles.